The van der Waals surface area contributed by atoms with Crippen LogP contribution >= 0.6 is 24.4 Å². The van der Waals surface area contributed by atoms with Crippen LogP contribution in [-0.2, 0) is 14.3 Å². The summed E-state index contributed by atoms with van der Waals surface area (Å²) in [6.45, 7) is 4.58. The topological polar surface area (TPSA) is 147 Å². The van der Waals surface area contributed by atoms with Crippen LogP contribution in [0.2, 0.25) is 0 Å². The molecule has 4 atom stereocenters. The number of nitrogens with one attached hydrogen (secondary N) is 3. The number of aromatic amines is 1. The number of imidazole rings is 1. The summed E-state index contributed by atoms with van der Waals surface area (Å²) in [7, 11) is 0. The largest absolute Gasteiger partial charge is 0.463 e. The summed E-state index contributed by atoms with van der Waals surface area (Å²) < 4.78 is 12.5. The minimum Gasteiger partial charge on any atom is -0.463 e. The summed E-state index contributed by atoms with van der Waals surface area (Å²) in [6, 6.07) is 0. The lowest BCUT2D eigenvalue weighted by atomic mass is 10.1. The van der Waals surface area contributed by atoms with Crippen molar-refractivity contribution in [2.24, 2.45) is 0 Å². The van der Waals surface area contributed by atoms with Crippen LogP contribution in [0.15, 0.2) is 6.33 Å². The number of anilines is 1. The Bertz CT molecular complexity index is 1030. The number of aromatic nitrogens is 4. The lowest BCUT2D eigenvalue weighted by Crippen LogP contribution is -2.34. The first-order chi connectivity index (χ1) is 15.8. The summed E-state index contributed by atoms with van der Waals surface area (Å²) in [5.41, 5.74) is 0.953. The van der Waals surface area contributed by atoms with Crippen LogP contribution in [0.1, 0.15) is 45.8 Å². The molecule has 1 unspecified atom stereocenters. The normalized spacial score (nSPS) is 22.4. The van der Waals surface area contributed by atoms with Gasteiger partial charge in [0, 0.05) is 20.0 Å². The highest BCUT2D eigenvalue weighted by atomic mass is 32.1. The number of hydrogen-bond donors (Lipinski definition) is 5. The molecule has 11 nitrogen and oxygen atoms in total. The van der Waals surface area contributed by atoms with Gasteiger partial charge in [0.05, 0.1) is 11.3 Å². The monoisotopic (exact) mass is 498 g/mol. The number of hydrogen-bond acceptors (Lipinski definition) is 10. The second-order valence-electron chi connectivity index (χ2n) is 7.91. The van der Waals surface area contributed by atoms with Gasteiger partial charge in [0.25, 0.3) is 0 Å². The molecule has 1 saturated heterocycles. The van der Waals surface area contributed by atoms with E-state index in [4.69, 9.17) is 33.9 Å². The third kappa shape index (κ3) is 6.67. The van der Waals surface area contributed by atoms with Crippen LogP contribution in [-0.4, -0.2) is 78.7 Å². The van der Waals surface area contributed by atoms with Crippen molar-refractivity contribution in [2.45, 2.75) is 64.1 Å². The van der Waals surface area contributed by atoms with Crippen LogP contribution in [0.25, 0.3) is 11.2 Å². The highest BCUT2D eigenvalue weighted by Gasteiger charge is 2.44. The molecule has 0 aliphatic carbocycles. The maximum absolute atomic E-state index is 11.1. The molecule has 0 bridgehead atoms. The van der Waals surface area contributed by atoms with Gasteiger partial charge in [-0.15, -0.1) is 0 Å². The Morgan fingerprint density at radius 1 is 1.24 bits per heavy atom. The molecule has 182 valence electrons. The molecule has 2 aromatic heterocycles. The molecule has 0 amide bonds. The number of ether oxygens (including phenoxy) is 2. The smallest absolute Gasteiger partial charge is 0.302 e. The SMILES string of the molecule is CC(=O)OC[C@H]1O[C@@H](n2cnc3c(=S)nc(NCCCCCCNC(C)=S)[nH]c32)C(O)[C@H]1O. The Balaban J connectivity index is 1.61. The number of H-pyrrole nitrogens is 1. The van der Waals surface area contributed by atoms with Gasteiger partial charge in [-0.3, -0.25) is 9.36 Å². The van der Waals surface area contributed by atoms with Crippen molar-refractivity contribution in [3.05, 3.63) is 11.0 Å². The average molecular weight is 499 g/mol. The van der Waals surface area contributed by atoms with E-state index in [9.17, 15) is 15.0 Å². The third-order valence-corrected chi connectivity index (χ3v) is 5.71. The van der Waals surface area contributed by atoms with E-state index in [-0.39, 0.29) is 6.61 Å². The number of nitrogens with zero attached hydrogens (tertiary/aromatic N) is 3. The number of aliphatic hydroxyl groups excluding tert-OH is 2. The lowest BCUT2D eigenvalue weighted by Gasteiger charge is -2.17. The standard InChI is InChI=1S/C20H30N6O5S2/c1-11(32)21-7-5-3-4-6-8-22-20-24-17-14(18(33)25-20)23-10-26(17)19-16(29)15(28)13(31-19)9-30-12(2)27/h10,13,15-16,19,28-29H,3-9H2,1-2H3,(H,21,32)(H2,22,24,25,33)/t13-,15+,16?,19-/m1/s1. The van der Waals surface area contributed by atoms with Gasteiger partial charge in [-0.1, -0.05) is 37.3 Å². The average Bonchev–Trinajstić information content (AvgIpc) is 3.30. The van der Waals surface area contributed by atoms with E-state index < -0.39 is 30.5 Å². The maximum atomic E-state index is 11.1. The molecule has 5 N–H and O–H groups in total. The minimum atomic E-state index is -1.24. The van der Waals surface area contributed by atoms with E-state index in [1.165, 1.54) is 13.3 Å². The Kier molecular flexibility index (Phi) is 9.09. The van der Waals surface area contributed by atoms with Crippen molar-refractivity contribution in [3.63, 3.8) is 0 Å². The molecule has 2 aromatic rings. The molecule has 3 heterocycles. The van der Waals surface area contributed by atoms with E-state index in [0.717, 1.165) is 37.2 Å². The quantitative estimate of drug-likeness (QED) is 0.175. The van der Waals surface area contributed by atoms with Gasteiger partial charge in [0.1, 0.15) is 36.1 Å². The first-order valence-corrected chi connectivity index (χ1v) is 11.7. The summed E-state index contributed by atoms with van der Waals surface area (Å²) in [6.07, 6.45) is 1.39. The van der Waals surface area contributed by atoms with Crippen LogP contribution < -0.4 is 10.6 Å². The Morgan fingerprint density at radius 3 is 2.67 bits per heavy atom. The van der Waals surface area contributed by atoms with Crippen LogP contribution in [0.5, 0.6) is 0 Å². The third-order valence-electron chi connectivity index (χ3n) is 5.28. The number of esters is 1. The van der Waals surface area contributed by atoms with Gasteiger partial charge in [-0.25, -0.2) is 9.97 Å². The van der Waals surface area contributed by atoms with Crippen molar-refractivity contribution in [1.82, 2.24) is 24.8 Å². The van der Waals surface area contributed by atoms with Crippen molar-refractivity contribution in [3.8, 4) is 0 Å². The van der Waals surface area contributed by atoms with Crippen molar-refractivity contribution in [1.29, 1.82) is 0 Å². The van der Waals surface area contributed by atoms with Crippen LogP contribution in [0.3, 0.4) is 0 Å². The fourth-order valence-corrected chi connectivity index (χ4v) is 3.93. The van der Waals surface area contributed by atoms with E-state index in [0.29, 0.717) is 28.3 Å². The van der Waals surface area contributed by atoms with Crippen molar-refractivity contribution >= 4 is 52.5 Å². The molecule has 1 fully saturated rings. The Hall–Kier alpha value is -2.19. The van der Waals surface area contributed by atoms with Gasteiger partial charge in [0.15, 0.2) is 10.9 Å². The molecular weight excluding hydrogens is 468 g/mol. The van der Waals surface area contributed by atoms with E-state index in [1.54, 1.807) is 4.57 Å². The molecule has 13 heteroatoms. The zero-order valence-electron chi connectivity index (χ0n) is 18.6. The summed E-state index contributed by atoms with van der Waals surface area (Å²) >= 11 is 10.4. The summed E-state index contributed by atoms with van der Waals surface area (Å²) in [5, 5.41) is 27.2. The fraction of sp³-hybridized carbons (Fsp3) is 0.650. The van der Waals surface area contributed by atoms with E-state index in [1.807, 2.05) is 6.92 Å². The van der Waals surface area contributed by atoms with Crippen LogP contribution in [0, 0.1) is 4.64 Å². The molecule has 1 aliphatic rings. The van der Waals surface area contributed by atoms with Gasteiger partial charge in [-0.05, 0) is 19.8 Å². The highest BCUT2D eigenvalue weighted by molar-refractivity contribution is 7.80. The van der Waals surface area contributed by atoms with Gasteiger partial charge >= 0.3 is 5.97 Å². The Morgan fingerprint density at radius 2 is 1.97 bits per heavy atom. The molecule has 0 saturated carbocycles. The molecule has 0 radical (unpaired) electrons. The maximum Gasteiger partial charge on any atom is 0.302 e. The predicted molar refractivity (Wildman–Crippen MR) is 129 cm³/mol. The number of carbonyl (C=O) groups is 1. The molecular formula is C20H30N6O5S2. The predicted octanol–water partition coefficient (Wildman–Crippen LogP) is 1.58. The first-order valence-electron chi connectivity index (χ1n) is 10.9. The number of rotatable bonds is 11. The van der Waals surface area contributed by atoms with Gasteiger partial charge < -0.3 is 35.3 Å². The summed E-state index contributed by atoms with van der Waals surface area (Å²) in [4.78, 5) is 23.7. The number of aliphatic hydroxyl groups is 2. The summed E-state index contributed by atoms with van der Waals surface area (Å²) in [5.74, 6) is -0.0128. The number of thiocarbonyl (C=S) groups is 1. The molecule has 0 aromatic carbocycles. The zero-order valence-corrected chi connectivity index (χ0v) is 20.2. The van der Waals surface area contributed by atoms with Gasteiger partial charge in [-0.2, -0.15) is 0 Å². The van der Waals surface area contributed by atoms with Crippen LogP contribution in [0.4, 0.5) is 5.95 Å². The van der Waals surface area contributed by atoms with Crippen molar-refractivity contribution in [2.75, 3.05) is 25.0 Å². The van der Waals surface area contributed by atoms with Crippen molar-refractivity contribution < 1.29 is 24.5 Å². The molecule has 33 heavy (non-hydrogen) atoms. The van der Waals surface area contributed by atoms with Gasteiger partial charge in [0.2, 0.25) is 5.95 Å². The first kappa shape index (κ1) is 25.4. The zero-order chi connectivity index (χ0) is 24.0. The molecule has 1 aliphatic heterocycles. The number of fused-ring (bicyclic) bond motifs is 1. The number of unbranched alkanes of at least 4 members (excludes halogenated alkanes) is 3. The number of carbonyl (C=O) groups excluding carboxylic acids is 1. The Labute approximate surface area is 201 Å². The van der Waals surface area contributed by atoms with E-state index >= 15 is 0 Å². The molecule has 0 spiro atoms. The minimum absolute atomic E-state index is 0.164. The van der Waals surface area contributed by atoms with E-state index in [2.05, 4.69) is 25.6 Å². The second-order valence-corrected chi connectivity index (χ2v) is 8.91. The highest BCUT2D eigenvalue weighted by Crippen LogP contribution is 2.32. The molecule has 3 rings (SSSR count). The fourth-order valence-electron chi connectivity index (χ4n) is 3.58. The lowest BCUT2D eigenvalue weighted by molar-refractivity contribution is -0.147. The second kappa shape index (κ2) is 11.8.